The minimum absolute atomic E-state index is 0. The Morgan fingerprint density at radius 2 is 2.43 bits per heavy atom. The van der Waals surface area contributed by atoms with E-state index in [-0.39, 0.29) is 18.9 Å². The van der Waals surface area contributed by atoms with Gasteiger partial charge in [0, 0.05) is 0 Å². The first-order valence-electron chi connectivity index (χ1n) is 1.81. The van der Waals surface area contributed by atoms with Crippen LogP contribution in [0.25, 0.3) is 0 Å². The monoisotopic (exact) mass is 88.1 g/mol. The van der Waals surface area contributed by atoms with Crippen LogP contribution < -0.4 is 18.9 Å². The molecular formula is C5H5LiO. The Labute approximate surface area is 54.9 Å². The van der Waals surface area contributed by atoms with Gasteiger partial charge in [-0.15, -0.1) is 0 Å². The van der Waals surface area contributed by atoms with Gasteiger partial charge in [0.05, 0.1) is 0 Å². The number of furan rings is 1. The summed E-state index contributed by atoms with van der Waals surface area (Å²) in [5.74, 6) is 0.912. The first kappa shape index (κ1) is 6.88. The maximum absolute atomic E-state index is 4.78. The molecule has 0 saturated carbocycles. The number of rotatable bonds is 0. The molecule has 0 aliphatic carbocycles. The second-order valence-corrected chi connectivity index (χ2v) is 1.16. The molecule has 0 aliphatic heterocycles. The van der Waals surface area contributed by atoms with E-state index in [1.54, 1.807) is 6.07 Å². The van der Waals surface area contributed by atoms with E-state index in [9.17, 15) is 0 Å². The standard InChI is InChI=1S/C5H5O.Li/c1-5-3-2-4-6-5;/h3-4H,1H3;/q-1;+1. The van der Waals surface area contributed by atoms with Crippen LogP contribution in [-0.4, -0.2) is 0 Å². The van der Waals surface area contributed by atoms with Crippen LogP contribution in [0.1, 0.15) is 5.76 Å². The molecule has 0 spiro atoms. The maximum Gasteiger partial charge on any atom is 1.00 e. The summed E-state index contributed by atoms with van der Waals surface area (Å²) in [6, 6.07) is 4.55. The quantitative estimate of drug-likeness (QED) is 0.275. The molecule has 7 heavy (non-hydrogen) atoms. The molecule has 0 unspecified atom stereocenters. The van der Waals surface area contributed by atoms with Crippen molar-refractivity contribution in [2.75, 3.05) is 0 Å². The molecule has 1 nitrogen and oxygen atoms in total. The van der Waals surface area contributed by atoms with E-state index in [2.05, 4.69) is 6.07 Å². The van der Waals surface area contributed by atoms with Crippen LogP contribution in [0.3, 0.4) is 0 Å². The van der Waals surface area contributed by atoms with Crippen LogP contribution in [-0.2, 0) is 0 Å². The van der Waals surface area contributed by atoms with Gasteiger partial charge in [-0.3, -0.25) is 0 Å². The zero-order valence-corrected chi connectivity index (χ0v) is 4.56. The van der Waals surface area contributed by atoms with E-state index in [0.717, 1.165) is 5.76 Å². The Kier molecular flexibility index (Phi) is 2.90. The SMILES string of the molecule is Cc1c[c-]co1.[Li+]. The van der Waals surface area contributed by atoms with Crippen molar-refractivity contribution in [3.8, 4) is 0 Å². The van der Waals surface area contributed by atoms with E-state index >= 15 is 0 Å². The van der Waals surface area contributed by atoms with Crippen molar-refractivity contribution < 1.29 is 23.3 Å². The summed E-state index contributed by atoms with van der Waals surface area (Å²) in [5.41, 5.74) is 0. The molecule has 0 aliphatic rings. The second-order valence-electron chi connectivity index (χ2n) is 1.16. The molecular weight excluding hydrogens is 83.0 g/mol. The van der Waals surface area contributed by atoms with Crippen LogP contribution in [0.4, 0.5) is 0 Å². The van der Waals surface area contributed by atoms with E-state index in [1.807, 2.05) is 6.92 Å². The molecule has 1 rings (SSSR count). The van der Waals surface area contributed by atoms with Crippen molar-refractivity contribution in [3.63, 3.8) is 0 Å². The van der Waals surface area contributed by atoms with Crippen molar-refractivity contribution in [1.29, 1.82) is 0 Å². The zero-order chi connectivity index (χ0) is 4.41. The van der Waals surface area contributed by atoms with Gasteiger partial charge in [-0.2, -0.15) is 6.07 Å². The Morgan fingerprint density at radius 3 is 2.57 bits per heavy atom. The predicted molar refractivity (Wildman–Crippen MR) is 22.3 cm³/mol. The molecule has 0 saturated heterocycles. The molecule has 0 N–H and O–H groups in total. The van der Waals surface area contributed by atoms with Crippen LogP contribution in [0.5, 0.6) is 0 Å². The average molecular weight is 88.0 g/mol. The molecule has 0 fully saturated rings. The van der Waals surface area contributed by atoms with Crippen LogP contribution in [0, 0.1) is 13.0 Å². The van der Waals surface area contributed by atoms with Gasteiger partial charge in [0.1, 0.15) is 0 Å². The Hall–Kier alpha value is -0.123. The summed E-state index contributed by atoms with van der Waals surface area (Å²) < 4.78 is 4.78. The molecule has 1 heterocycles. The van der Waals surface area contributed by atoms with Crippen molar-refractivity contribution >= 4 is 0 Å². The van der Waals surface area contributed by atoms with Crippen molar-refractivity contribution in [1.82, 2.24) is 0 Å². The Bertz CT molecular complexity index is 112. The fourth-order valence-corrected chi connectivity index (χ4v) is 0.312. The van der Waals surface area contributed by atoms with Gasteiger partial charge in [0.2, 0.25) is 0 Å². The third kappa shape index (κ3) is 1.87. The van der Waals surface area contributed by atoms with Gasteiger partial charge < -0.3 is 4.42 Å². The molecule has 0 radical (unpaired) electrons. The van der Waals surface area contributed by atoms with E-state index in [0.29, 0.717) is 0 Å². The predicted octanol–water partition coefficient (Wildman–Crippen LogP) is -1.61. The fraction of sp³-hybridized carbons (Fsp3) is 0.200. The van der Waals surface area contributed by atoms with Gasteiger partial charge in [0.25, 0.3) is 0 Å². The van der Waals surface area contributed by atoms with Crippen molar-refractivity contribution in [2.45, 2.75) is 6.92 Å². The molecule has 2 heteroatoms. The molecule has 0 bridgehead atoms. The first-order chi connectivity index (χ1) is 2.89. The van der Waals surface area contributed by atoms with E-state index in [1.165, 1.54) is 6.26 Å². The molecule has 0 amide bonds. The topological polar surface area (TPSA) is 13.1 Å². The molecule has 0 aromatic carbocycles. The van der Waals surface area contributed by atoms with Gasteiger partial charge in [0.15, 0.2) is 0 Å². The molecule has 32 valence electrons. The van der Waals surface area contributed by atoms with Crippen molar-refractivity contribution in [3.05, 3.63) is 24.2 Å². The average Bonchev–Trinajstić information content (AvgIpc) is 1.86. The summed E-state index contributed by atoms with van der Waals surface area (Å²) in [6.07, 6.45) is 1.54. The summed E-state index contributed by atoms with van der Waals surface area (Å²) in [5, 5.41) is 0. The molecule has 1 aromatic rings. The Balaban J connectivity index is 0.000000360. The van der Waals surface area contributed by atoms with Gasteiger partial charge in [-0.05, 0) is 6.26 Å². The largest absolute Gasteiger partial charge is 1.00 e. The first-order valence-corrected chi connectivity index (χ1v) is 1.81. The fourth-order valence-electron chi connectivity index (χ4n) is 0.312. The van der Waals surface area contributed by atoms with Crippen LogP contribution in [0.2, 0.25) is 0 Å². The summed E-state index contributed by atoms with van der Waals surface area (Å²) >= 11 is 0. The van der Waals surface area contributed by atoms with Crippen molar-refractivity contribution in [2.24, 2.45) is 0 Å². The normalized spacial score (nSPS) is 7.57. The summed E-state index contributed by atoms with van der Waals surface area (Å²) in [4.78, 5) is 0. The Morgan fingerprint density at radius 1 is 1.71 bits per heavy atom. The molecule has 1 aromatic heterocycles. The zero-order valence-electron chi connectivity index (χ0n) is 4.56. The van der Waals surface area contributed by atoms with Crippen LogP contribution in [0.15, 0.2) is 16.7 Å². The third-order valence-electron chi connectivity index (χ3n) is 0.599. The van der Waals surface area contributed by atoms with E-state index < -0.39 is 0 Å². The van der Waals surface area contributed by atoms with E-state index in [4.69, 9.17) is 4.42 Å². The minimum atomic E-state index is 0. The maximum atomic E-state index is 4.78. The summed E-state index contributed by atoms with van der Waals surface area (Å²) in [7, 11) is 0. The molecule has 0 atom stereocenters. The smallest absolute Gasteiger partial charge is 0.574 e. The number of hydrogen-bond acceptors (Lipinski definition) is 1. The van der Waals surface area contributed by atoms with Gasteiger partial charge >= 0.3 is 18.9 Å². The minimum Gasteiger partial charge on any atom is -0.574 e. The van der Waals surface area contributed by atoms with Gasteiger partial charge in [-0.1, -0.05) is 12.7 Å². The number of hydrogen-bond donors (Lipinski definition) is 0. The number of aryl methyl sites for hydroxylation is 1. The van der Waals surface area contributed by atoms with Crippen LogP contribution >= 0.6 is 0 Å². The van der Waals surface area contributed by atoms with Gasteiger partial charge in [-0.25, -0.2) is 6.07 Å². The summed E-state index contributed by atoms with van der Waals surface area (Å²) in [6.45, 7) is 1.89. The second kappa shape index (κ2) is 2.96. The third-order valence-corrected chi connectivity index (χ3v) is 0.599.